The predicted octanol–water partition coefficient (Wildman–Crippen LogP) is 7.92. The Balaban J connectivity index is 0.000000287. The van der Waals surface area contributed by atoms with Gasteiger partial charge in [-0.3, -0.25) is 9.36 Å². The van der Waals surface area contributed by atoms with Crippen molar-refractivity contribution in [2.45, 2.75) is 157 Å². The largest absolute Gasteiger partial charge is 0.444 e. The fourth-order valence-corrected chi connectivity index (χ4v) is 8.62. The van der Waals surface area contributed by atoms with E-state index in [1.165, 1.54) is 11.1 Å². The Morgan fingerprint density at radius 2 is 0.923 bits per heavy atom. The Morgan fingerprint density at radius 3 is 1.24 bits per heavy atom. The molecule has 432 valence electrons. The van der Waals surface area contributed by atoms with Gasteiger partial charge in [0.2, 0.25) is 0 Å². The van der Waals surface area contributed by atoms with Crippen molar-refractivity contribution in [1.82, 2.24) is 50.6 Å². The van der Waals surface area contributed by atoms with Crippen LogP contribution < -0.4 is 21.3 Å². The van der Waals surface area contributed by atoms with Crippen molar-refractivity contribution >= 4 is 24.2 Å². The molecule has 20 nitrogen and oxygen atoms in total. The van der Waals surface area contributed by atoms with Gasteiger partial charge in [0.15, 0.2) is 0 Å². The molecule has 6 N–H and O–H groups in total. The Morgan fingerprint density at radius 1 is 0.577 bits per heavy atom. The third-order valence-electron chi connectivity index (χ3n) is 13.9. The summed E-state index contributed by atoms with van der Waals surface area (Å²) in [6.07, 6.45) is 4.34. The molecule has 0 unspecified atom stereocenters. The number of carbonyl (C=O) groups excluding carboxylic acids is 4. The van der Waals surface area contributed by atoms with E-state index in [4.69, 9.17) is 29.1 Å². The summed E-state index contributed by atoms with van der Waals surface area (Å²) in [6, 6.07) is 18.7. The van der Waals surface area contributed by atoms with Gasteiger partial charge in [-0.15, -0.1) is 0 Å². The summed E-state index contributed by atoms with van der Waals surface area (Å²) in [7, 11) is 0. The van der Waals surface area contributed by atoms with E-state index >= 15 is 0 Å². The number of aromatic nitrogens is 4. The molecule has 78 heavy (non-hydrogen) atoms. The molecule has 2 aliphatic heterocycles. The van der Waals surface area contributed by atoms with Gasteiger partial charge in [0, 0.05) is 73.6 Å². The first-order valence-corrected chi connectivity index (χ1v) is 27.9. The first-order chi connectivity index (χ1) is 37.1. The second-order valence-corrected chi connectivity index (χ2v) is 22.6. The van der Waals surface area contributed by atoms with Crippen LogP contribution in [0, 0.1) is 24.7 Å². The summed E-state index contributed by atoms with van der Waals surface area (Å²) in [6.45, 7) is 25.2. The van der Waals surface area contributed by atoms with Crippen LogP contribution in [0.5, 0.6) is 0 Å². The lowest BCUT2D eigenvalue weighted by Gasteiger charge is -2.32. The van der Waals surface area contributed by atoms with Gasteiger partial charge in [-0.1, -0.05) is 141 Å². The first kappa shape index (κ1) is 62.6. The lowest BCUT2D eigenvalue weighted by Crippen LogP contribution is -2.52. The van der Waals surface area contributed by atoms with E-state index in [1.807, 2.05) is 118 Å². The number of alkyl carbamates (subject to hydrolysis) is 2. The highest BCUT2D eigenvalue weighted by molar-refractivity contribution is 5.75. The molecule has 4 aromatic rings. The molecule has 2 fully saturated rings. The zero-order valence-corrected chi connectivity index (χ0v) is 48.0. The summed E-state index contributed by atoms with van der Waals surface area (Å²) in [5.74, 6) is 0. The van der Waals surface area contributed by atoms with Gasteiger partial charge in [0.05, 0.1) is 75.2 Å². The van der Waals surface area contributed by atoms with Crippen LogP contribution in [-0.2, 0) is 32.0 Å². The van der Waals surface area contributed by atoms with E-state index in [2.05, 4.69) is 45.5 Å². The fourth-order valence-electron chi connectivity index (χ4n) is 8.62. The minimum Gasteiger partial charge on any atom is -0.444 e. The van der Waals surface area contributed by atoms with E-state index in [9.17, 15) is 29.4 Å². The summed E-state index contributed by atoms with van der Waals surface area (Å²) >= 11 is 0. The monoisotopic (exact) mass is 1090 g/mol. The quantitative estimate of drug-likeness (QED) is 0.0440. The van der Waals surface area contributed by atoms with Gasteiger partial charge < -0.3 is 60.2 Å². The van der Waals surface area contributed by atoms with E-state index in [1.54, 1.807) is 19.2 Å². The highest BCUT2D eigenvalue weighted by Gasteiger charge is 2.33. The molecule has 0 saturated carbocycles. The zero-order chi connectivity index (χ0) is 56.8. The van der Waals surface area contributed by atoms with Crippen LogP contribution in [0.2, 0.25) is 0 Å². The van der Waals surface area contributed by atoms with Crippen LogP contribution in [0.4, 0.5) is 19.2 Å². The van der Waals surface area contributed by atoms with Crippen LogP contribution in [-0.4, -0.2) is 166 Å². The van der Waals surface area contributed by atoms with Gasteiger partial charge in [-0.05, 0) is 38.8 Å². The molecule has 0 aliphatic carbocycles. The fraction of sp³-hybridized carbons (Fsp3) is 0.621. The van der Waals surface area contributed by atoms with E-state index in [0.29, 0.717) is 78.5 Å². The highest BCUT2D eigenvalue weighted by atomic mass is 16.6. The smallest absolute Gasteiger partial charge is 0.407 e. The Labute approximate surface area is 462 Å². The van der Waals surface area contributed by atoms with Crippen molar-refractivity contribution in [3.8, 4) is 22.5 Å². The number of nitrogens with one attached hydrogen (secondary N) is 4. The van der Waals surface area contributed by atoms with Crippen molar-refractivity contribution in [3.05, 3.63) is 84.2 Å². The second kappa shape index (κ2) is 30.8. The molecule has 4 heterocycles. The number of ether oxygens (including phenoxy) is 4. The second-order valence-electron chi connectivity index (χ2n) is 22.6. The van der Waals surface area contributed by atoms with E-state index < -0.39 is 48.7 Å². The number of carbonyl (C=O) groups is 4. The average Bonchev–Trinajstić information content (AvgIpc) is 4.10. The number of amides is 6. The SMILES string of the molecule is CCCC[C@H](NC(=O)O[C@H](Cn1ccc(-c2ccc(C)cc2)n1)C(C)(C)C)[C@H](O)CNC(=O)N1CCOCC1.CCCC[C@H](NC(=O)O[C@H](Cn1ccc(-c2ccc(C)cc2)n1)C(C)(C)C)[C@H](O)CNC(=O)N1CCOCC1. The number of morpholine rings is 2. The molecule has 2 saturated heterocycles. The summed E-state index contributed by atoms with van der Waals surface area (Å²) in [4.78, 5) is 54.2. The lowest BCUT2D eigenvalue weighted by molar-refractivity contribution is 0.0121. The predicted molar refractivity (Wildman–Crippen MR) is 301 cm³/mol. The van der Waals surface area contributed by atoms with Crippen LogP contribution in [0.3, 0.4) is 0 Å². The molecule has 6 atom stereocenters. The third-order valence-corrected chi connectivity index (χ3v) is 13.9. The number of aliphatic hydroxyl groups excluding tert-OH is 2. The highest BCUT2D eigenvalue weighted by Crippen LogP contribution is 2.27. The molecule has 2 aromatic heterocycles. The number of nitrogens with zero attached hydrogens (tertiary/aromatic N) is 6. The minimum absolute atomic E-state index is 0.0304. The minimum atomic E-state index is -0.953. The Bertz CT molecular complexity index is 2250. The summed E-state index contributed by atoms with van der Waals surface area (Å²) in [5.41, 5.74) is 5.44. The van der Waals surface area contributed by atoms with Crippen LogP contribution in [0.1, 0.15) is 105 Å². The van der Waals surface area contributed by atoms with Crippen molar-refractivity contribution in [1.29, 1.82) is 0 Å². The molecule has 0 bridgehead atoms. The number of urea groups is 2. The maximum absolute atomic E-state index is 13.0. The molecule has 0 radical (unpaired) electrons. The van der Waals surface area contributed by atoms with Crippen molar-refractivity contribution < 1.29 is 48.3 Å². The number of rotatable bonds is 22. The van der Waals surface area contributed by atoms with Crippen molar-refractivity contribution in [2.75, 3.05) is 65.7 Å². The number of benzene rings is 2. The maximum Gasteiger partial charge on any atom is 0.407 e. The van der Waals surface area contributed by atoms with Gasteiger partial charge in [0.1, 0.15) is 12.2 Å². The first-order valence-electron chi connectivity index (χ1n) is 27.9. The van der Waals surface area contributed by atoms with Gasteiger partial charge in [0.25, 0.3) is 0 Å². The lowest BCUT2D eigenvalue weighted by atomic mass is 9.89. The van der Waals surface area contributed by atoms with Crippen molar-refractivity contribution in [2.24, 2.45) is 10.8 Å². The molecule has 2 aliphatic rings. The molecular formula is C58H90N10O10. The number of hydrogen-bond donors (Lipinski definition) is 6. The number of unbranched alkanes of at least 4 members (excludes halogenated alkanes) is 2. The Hall–Kier alpha value is -6.22. The van der Waals surface area contributed by atoms with Gasteiger partial charge in [-0.2, -0.15) is 10.2 Å². The van der Waals surface area contributed by atoms with Crippen molar-refractivity contribution in [3.63, 3.8) is 0 Å². The molecule has 6 rings (SSSR count). The van der Waals surface area contributed by atoms with Crippen LogP contribution in [0.25, 0.3) is 22.5 Å². The Kier molecular flexibility index (Phi) is 24.7. The number of aryl methyl sites for hydroxylation is 2. The van der Waals surface area contributed by atoms with Gasteiger partial charge >= 0.3 is 24.2 Å². The van der Waals surface area contributed by atoms with Crippen LogP contribution >= 0.6 is 0 Å². The summed E-state index contributed by atoms with van der Waals surface area (Å²) < 4.78 is 26.0. The molecule has 20 heteroatoms. The molecule has 2 aromatic carbocycles. The zero-order valence-electron chi connectivity index (χ0n) is 48.0. The topological polar surface area (TPSA) is 236 Å². The number of aliphatic hydroxyl groups is 2. The average molecular weight is 1090 g/mol. The third kappa shape index (κ3) is 20.9. The van der Waals surface area contributed by atoms with Gasteiger partial charge in [-0.25, -0.2) is 19.2 Å². The van der Waals surface area contributed by atoms with E-state index in [-0.39, 0.29) is 36.0 Å². The number of hydrogen-bond acceptors (Lipinski definition) is 12. The molecule has 6 amide bonds. The standard InChI is InChI=1S/2C29H45N5O5/c2*1-6-7-8-24(25(35)19-30-27(36)33-15-17-38-18-16-33)31-28(37)39-26(29(3,4)5)20-34-14-13-23(32-34)22-11-9-21(2)10-12-22/h2*9-14,24-26,35H,6-8,15-20H2,1-5H3,(H,30,36)(H,31,37)/t2*24-,25+,26+/m00/s1. The summed E-state index contributed by atoms with van der Waals surface area (Å²) in [5, 5.41) is 42.3. The van der Waals surface area contributed by atoms with E-state index in [0.717, 1.165) is 48.2 Å². The molecular weight excluding hydrogens is 997 g/mol. The van der Waals surface area contributed by atoms with Crippen LogP contribution in [0.15, 0.2) is 73.1 Å². The molecule has 0 spiro atoms. The normalized spacial score (nSPS) is 16.3. The maximum atomic E-state index is 13.0.